The van der Waals surface area contributed by atoms with Crippen LogP contribution in [0.4, 0.5) is 11.4 Å². The smallest absolute Gasteiger partial charge is 0.265 e. The number of amides is 1. The highest BCUT2D eigenvalue weighted by molar-refractivity contribution is 7.92. The van der Waals surface area contributed by atoms with Crippen molar-refractivity contribution >= 4 is 38.9 Å². The van der Waals surface area contributed by atoms with E-state index >= 15 is 0 Å². The highest BCUT2D eigenvalue weighted by Crippen LogP contribution is 2.23. The fraction of sp³-hybridized carbons (Fsp3) is 0.208. The van der Waals surface area contributed by atoms with E-state index < -0.39 is 16.1 Å². The molecule has 0 spiro atoms. The first-order chi connectivity index (χ1) is 15.2. The largest absolute Gasteiger partial charge is 0.481 e. The first-order valence-electron chi connectivity index (χ1n) is 10.1. The van der Waals surface area contributed by atoms with Gasteiger partial charge in [0.1, 0.15) is 5.75 Å². The number of hydrogen-bond donors (Lipinski definition) is 2. The highest BCUT2D eigenvalue weighted by atomic mass is 35.5. The lowest BCUT2D eigenvalue weighted by molar-refractivity contribution is -0.122. The Balaban J connectivity index is 1.68. The summed E-state index contributed by atoms with van der Waals surface area (Å²) in [4.78, 5) is 12.7. The topological polar surface area (TPSA) is 84.5 Å². The van der Waals surface area contributed by atoms with Crippen LogP contribution >= 0.6 is 11.6 Å². The molecular weight excluding hydrogens is 448 g/mol. The van der Waals surface area contributed by atoms with Crippen LogP contribution < -0.4 is 14.8 Å². The van der Waals surface area contributed by atoms with Crippen LogP contribution in [0, 0.1) is 13.8 Å². The summed E-state index contributed by atoms with van der Waals surface area (Å²) in [5.74, 6) is 0.162. The third kappa shape index (κ3) is 6.02. The molecule has 0 bridgehead atoms. The number of halogens is 1. The predicted octanol–water partition coefficient (Wildman–Crippen LogP) is 5.55. The zero-order chi connectivity index (χ0) is 23.3. The average Bonchev–Trinajstić information content (AvgIpc) is 2.74. The summed E-state index contributed by atoms with van der Waals surface area (Å²) in [5.41, 5.74) is 2.88. The van der Waals surface area contributed by atoms with E-state index in [1.807, 2.05) is 32.9 Å². The SMILES string of the molecule is CC[C@@H](Oc1cccc(Cl)c1)C(=O)Nc1ccc(S(=O)(=O)Nc2ccc(C)cc2C)cc1. The van der Waals surface area contributed by atoms with Crippen molar-refractivity contribution in [2.45, 2.75) is 38.2 Å². The fourth-order valence-corrected chi connectivity index (χ4v) is 4.41. The number of hydrogen-bond acceptors (Lipinski definition) is 4. The van der Waals surface area contributed by atoms with Crippen LogP contribution in [-0.2, 0) is 14.8 Å². The standard InChI is InChI=1S/C24H25ClN2O4S/c1-4-23(31-20-7-5-6-18(25)15-20)24(28)26-19-9-11-21(12-10-19)32(29,30)27-22-13-8-16(2)14-17(22)3/h5-15,23,27H,4H2,1-3H3,(H,26,28)/t23-/m1/s1. The molecule has 3 aromatic rings. The summed E-state index contributed by atoms with van der Waals surface area (Å²) in [6.07, 6.45) is -0.270. The van der Waals surface area contributed by atoms with Crippen LogP contribution in [-0.4, -0.2) is 20.4 Å². The molecule has 0 saturated heterocycles. The molecule has 0 unspecified atom stereocenters. The van der Waals surface area contributed by atoms with Crippen molar-refractivity contribution in [1.29, 1.82) is 0 Å². The monoisotopic (exact) mass is 472 g/mol. The molecule has 0 aliphatic heterocycles. The molecule has 168 valence electrons. The molecule has 3 rings (SSSR count). The lowest BCUT2D eigenvalue weighted by Gasteiger charge is -2.17. The van der Waals surface area contributed by atoms with Gasteiger partial charge in [-0.05, 0) is 74.4 Å². The Hall–Kier alpha value is -3.03. The Morgan fingerprint density at radius 3 is 2.38 bits per heavy atom. The number of benzene rings is 3. The van der Waals surface area contributed by atoms with Crippen molar-refractivity contribution in [3.05, 3.63) is 82.9 Å². The van der Waals surface area contributed by atoms with Crippen molar-refractivity contribution < 1.29 is 17.9 Å². The zero-order valence-electron chi connectivity index (χ0n) is 18.1. The van der Waals surface area contributed by atoms with Crippen molar-refractivity contribution in [1.82, 2.24) is 0 Å². The van der Waals surface area contributed by atoms with Crippen LogP contribution in [0.1, 0.15) is 24.5 Å². The van der Waals surface area contributed by atoms with Crippen LogP contribution in [0.5, 0.6) is 5.75 Å². The lowest BCUT2D eigenvalue weighted by Crippen LogP contribution is -2.32. The fourth-order valence-electron chi connectivity index (χ4n) is 3.10. The van der Waals surface area contributed by atoms with Gasteiger partial charge < -0.3 is 10.1 Å². The number of anilines is 2. The molecule has 32 heavy (non-hydrogen) atoms. The second kappa shape index (κ2) is 10.1. The minimum atomic E-state index is -3.76. The van der Waals surface area contributed by atoms with Crippen molar-refractivity contribution in [3.8, 4) is 5.75 Å². The number of carbonyl (C=O) groups is 1. The van der Waals surface area contributed by atoms with Gasteiger partial charge in [-0.3, -0.25) is 9.52 Å². The molecule has 6 nitrogen and oxygen atoms in total. The van der Waals surface area contributed by atoms with Gasteiger partial charge in [-0.1, -0.05) is 42.3 Å². The molecule has 0 saturated carbocycles. The maximum Gasteiger partial charge on any atom is 0.265 e. The highest BCUT2D eigenvalue weighted by Gasteiger charge is 2.20. The molecule has 0 aliphatic rings. The second-order valence-electron chi connectivity index (χ2n) is 7.41. The van der Waals surface area contributed by atoms with Gasteiger partial charge in [-0.2, -0.15) is 0 Å². The quantitative estimate of drug-likeness (QED) is 0.450. The van der Waals surface area contributed by atoms with Crippen molar-refractivity contribution in [2.75, 3.05) is 10.0 Å². The molecule has 1 atom stereocenters. The van der Waals surface area contributed by atoms with Crippen LogP contribution in [0.2, 0.25) is 5.02 Å². The molecule has 0 heterocycles. The van der Waals surface area contributed by atoms with Gasteiger partial charge in [0, 0.05) is 10.7 Å². The maximum absolute atomic E-state index is 12.7. The molecule has 8 heteroatoms. The molecule has 1 amide bonds. The second-order valence-corrected chi connectivity index (χ2v) is 9.53. The maximum atomic E-state index is 12.7. The molecule has 0 fully saturated rings. The van der Waals surface area contributed by atoms with Gasteiger partial charge in [0.25, 0.3) is 15.9 Å². The number of carbonyl (C=O) groups excluding carboxylic acids is 1. The van der Waals surface area contributed by atoms with E-state index in [9.17, 15) is 13.2 Å². The van der Waals surface area contributed by atoms with Gasteiger partial charge in [0.2, 0.25) is 0 Å². The summed E-state index contributed by atoms with van der Waals surface area (Å²) in [6, 6.07) is 18.3. The minimum absolute atomic E-state index is 0.0951. The van der Waals surface area contributed by atoms with Gasteiger partial charge in [-0.25, -0.2) is 8.42 Å². The number of nitrogens with one attached hydrogen (secondary N) is 2. The summed E-state index contributed by atoms with van der Waals surface area (Å²) in [5, 5.41) is 3.28. The van der Waals surface area contributed by atoms with Gasteiger partial charge in [0.15, 0.2) is 6.10 Å². The van der Waals surface area contributed by atoms with Crippen molar-refractivity contribution in [2.24, 2.45) is 0 Å². The van der Waals surface area contributed by atoms with E-state index in [4.69, 9.17) is 16.3 Å². The van der Waals surface area contributed by atoms with E-state index in [0.717, 1.165) is 11.1 Å². The Labute approximate surface area is 193 Å². The summed E-state index contributed by atoms with van der Waals surface area (Å²) >= 11 is 5.96. The van der Waals surface area contributed by atoms with E-state index in [1.54, 1.807) is 42.5 Å². The Kier molecular flexibility index (Phi) is 7.43. The van der Waals surface area contributed by atoms with E-state index in [-0.39, 0.29) is 10.8 Å². The third-order valence-electron chi connectivity index (χ3n) is 4.80. The van der Waals surface area contributed by atoms with E-state index in [2.05, 4.69) is 10.0 Å². The summed E-state index contributed by atoms with van der Waals surface area (Å²) in [7, 11) is -3.76. The van der Waals surface area contributed by atoms with Crippen molar-refractivity contribution in [3.63, 3.8) is 0 Å². The third-order valence-corrected chi connectivity index (χ3v) is 6.41. The predicted molar refractivity (Wildman–Crippen MR) is 128 cm³/mol. The summed E-state index contributed by atoms with van der Waals surface area (Å²) < 4.78 is 33.8. The first kappa shape index (κ1) is 23.6. The molecule has 0 aliphatic carbocycles. The number of ether oxygens (including phenoxy) is 1. The van der Waals surface area contributed by atoms with Crippen LogP contribution in [0.15, 0.2) is 71.6 Å². The van der Waals surface area contributed by atoms with Gasteiger partial charge >= 0.3 is 0 Å². The number of rotatable bonds is 8. The number of aryl methyl sites for hydroxylation is 2. The molecule has 2 N–H and O–H groups in total. The molecule has 3 aromatic carbocycles. The molecule has 0 radical (unpaired) electrons. The normalized spacial score (nSPS) is 12.1. The lowest BCUT2D eigenvalue weighted by atomic mass is 10.1. The van der Waals surface area contributed by atoms with Gasteiger partial charge in [-0.15, -0.1) is 0 Å². The van der Waals surface area contributed by atoms with E-state index in [1.165, 1.54) is 12.1 Å². The van der Waals surface area contributed by atoms with Crippen LogP contribution in [0.3, 0.4) is 0 Å². The molecular formula is C24H25ClN2O4S. The summed E-state index contributed by atoms with van der Waals surface area (Å²) in [6.45, 7) is 5.63. The van der Waals surface area contributed by atoms with E-state index in [0.29, 0.717) is 28.6 Å². The Bertz CT molecular complexity index is 1210. The minimum Gasteiger partial charge on any atom is -0.481 e. The van der Waals surface area contributed by atoms with Crippen LogP contribution in [0.25, 0.3) is 0 Å². The first-order valence-corrected chi connectivity index (χ1v) is 12.0. The Morgan fingerprint density at radius 1 is 1.03 bits per heavy atom. The average molecular weight is 473 g/mol. The van der Waals surface area contributed by atoms with Gasteiger partial charge in [0.05, 0.1) is 10.6 Å². The Morgan fingerprint density at radius 2 is 1.75 bits per heavy atom. The zero-order valence-corrected chi connectivity index (χ0v) is 19.6. The molecule has 0 aromatic heterocycles. The number of sulfonamides is 1.